The molecule has 0 amide bonds. The summed E-state index contributed by atoms with van der Waals surface area (Å²) in [6.07, 6.45) is 1.51. The first-order chi connectivity index (χ1) is 4.93. The smallest absolute Gasteiger partial charge is 0.170 e. The normalized spacial score (nSPS) is 8.10. The van der Waals surface area contributed by atoms with E-state index >= 15 is 0 Å². The van der Waals surface area contributed by atoms with Gasteiger partial charge < -0.3 is 9.84 Å². The van der Waals surface area contributed by atoms with E-state index in [1.54, 1.807) is 6.07 Å². The van der Waals surface area contributed by atoms with Gasteiger partial charge in [0.1, 0.15) is 6.26 Å². The molecule has 1 aromatic rings. The number of halogens is 1. The van der Waals surface area contributed by atoms with Gasteiger partial charge in [-0.2, -0.15) is 0 Å². The molecule has 0 radical (unpaired) electrons. The number of nitrogens with one attached hydrogen (secondary N) is 1. The maximum Gasteiger partial charge on any atom is 0.170 e. The Bertz CT molecular complexity index is 234. The molecule has 0 aliphatic carbocycles. The molecule has 0 aliphatic rings. The highest BCUT2D eigenvalue weighted by atomic mass is 127. The summed E-state index contributed by atoms with van der Waals surface area (Å²) >= 11 is 1.98. The van der Waals surface area contributed by atoms with Crippen molar-refractivity contribution in [2.75, 3.05) is 11.9 Å². The summed E-state index contributed by atoms with van der Waals surface area (Å²) in [5.74, 6) is 3.55. The summed E-state index contributed by atoms with van der Waals surface area (Å²) in [4.78, 5) is 0. The summed E-state index contributed by atoms with van der Waals surface area (Å²) in [5.41, 5.74) is 0. The second-order valence-corrected chi connectivity index (χ2v) is 2.05. The minimum absolute atomic E-state index is 0.607. The average molecular weight is 248 g/mol. The number of aromatic nitrogens is 1. The Kier molecular flexibility index (Phi) is 3.09. The summed E-state index contributed by atoms with van der Waals surface area (Å²) < 4.78 is 7.31. The zero-order valence-electron chi connectivity index (χ0n) is 5.10. The zero-order valence-corrected chi connectivity index (χ0v) is 7.25. The van der Waals surface area contributed by atoms with E-state index in [1.807, 2.05) is 22.6 Å². The van der Waals surface area contributed by atoms with Crippen LogP contribution < -0.4 is 5.32 Å². The fraction of sp³-hybridized carbons (Fsp3) is 0.167. The highest BCUT2D eigenvalue weighted by Gasteiger charge is 1.89. The minimum Gasteiger partial charge on any atom is -0.363 e. The molecule has 0 aliphatic heterocycles. The first-order valence-electron chi connectivity index (χ1n) is 2.66. The van der Waals surface area contributed by atoms with E-state index in [0.29, 0.717) is 6.54 Å². The van der Waals surface area contributed by atoms with Gasteiger partial charge in [-0.1, -0.05) is 11.1 Å². The maximum absolute atomic E-state index is 4.58. The van der Waals surface area contributed by atoms with E-state index in [1.165, 1.54) is 6.26 Å². The van der Waals surface area contributed by atoms with Gasteiger partial charge in [-0.15, -0.1) is 0 Å². The van der Waals surface area contributed by atoms with E-state index in [0.717, 1.165) is 5.82 Å². The van der Waals surface area contributed by atoms with Crippen LogP contribution in [0.25, 0.3) is 0 Å². The number of nitrogens with zero attached hydrogens (tertiary/aromatic N) is 1. The monoisotopic (exact) mass is 248 g/mol. The minimum atomic E-state index is 0.607. The SMILES string of the molecule is IC#CCNc1ccon1. The van der Waals surface area contributed by atoms with Crippen molar-refractivity contribution in [1.29, 1.82) is 0 Å². The van der Waals surface area contributed by atoms with Gasteiger partial charge in [-0.3, -0.25) is 0 Å². The summed E-state index contributed by atoms with van der Waals surface area (Å²) in [6.45, 7) is 0.607. The van der Waals surface area contributed by atoms with Crippen LogP contribution in [0, 0.1) is 9.85 Å². The van der Waals surface area contributed by atoms with Gasteiger partial charge in [0.25, 0.3) is 0 Å². The van der Waals surface area contributed by atoms with Gasteiger partial charge in [-0.25, -0.2) is 0 Å². The molecule has 3 nitrogen and oxygen atoms in total. The van der Waals surface area contributed by atoms with E-state index in [-0.39, 0.29) is 0 Å². The van der Waals surface area contributed by atoms with Crippen molar-refractivity contribution in [3.8, 4) is 9.85 Å². The van der Waals surface area contributed by atoms with E-state index < -0.39 is 0 Å². The Morgan fingerprint density at radius 2 is 2.70 bits per heavy atom. The van der Waals surface area contributed by atoms with Crippen LogP contribution in [0.2, 0.25) is 0 Å². The predicted molar refractivity (Wildman–Crippen MR) is 46.8 cm³/mol. The molecule has 0 unspecified atom stereocenters. The third kappa shape index (κ3) is 2.27. The van der Waals surface area contributed by atoms with Gasteiger partial charge in [-0.05, 0) is 3.93 Å². The molecule has 0 bridgehead atoms. The maximum atomic E-state index is 4.58. The molecule has 0 saturated carbocycles. The standard InChI is InChI=1S/C6H5IN2O/c7-3-1-4-8-6-2-5-10-9-6/h2,5H,4H2,(H,8,9). The van der Waals surface area contributed by atoms with Crippen molar-refractivity contribution in [3.63, 3.8) is 0 Å². The Balaban J connectivity index is 2.32. The molecular weight excluding hydrogens is 243 g/mol. The fourth-order valence-corrected chi connectivity index (χ4v) is 0.663. The second kappa shape index (κ2) is 4.17. The van der Waals surface area contributed by atoms with E-state index in [2.05, 4.69) is 24.8 Å². The van der Waals surface area contributed by atoms with Crippen LogP contribution in [0.5, 0.6) is 0 Å². The molecule has 0 aromatic carbocycles. The topological polar surface area (TPSA) is 38.1 Å². The van der Waals surface area contributed by atoms with Crippen LogP contribution in [0.4, 0.5) is 5.82 Å². The lowest BCUT2D eigenvalue weighted by Gasteiger charge is -1.90. The molecular formula is C6H5IN2O. The lowest BCUT2D eigenvalue weighted by molar-refractivity contribution is 0.422. The molecule has 1 aromatic heterocycles. The average Bonchev–Trinajstić information content (AvgIpc) is 2.41. The summed E-state index contributed by atoms with van der Waals surface area (Å²) in [5, 5.41) is 6.57. The van der Waals surface area contributed by atoms with Crippen molar-refractivity contribution in [1.82, 2.24) is 5.16 Å². The Morgan fingerprint density at radius 3 is 3.30 bits per heavy atom. The number of anilines is 1. The first kappa shape index (κ1) is 7.41. The summed E-state index contributed by atoms with van der Waals surface area (Å²) in [7, 11) is 0. The molecule has 4 heteroatoms. The number of hydrogen-bond donors (Lipinski definition) is 1. The van der Waals surface area contributed by atoms with Crippen LogP contribution in [-0.4, -0.2) is 11.7 Å². The molecule has 1 heterocycles. The second-order valence-electron chi connectivity index (χ2n) is 1.51. The molecule has 0 spiro atoms. The molecule has 1 N–H and O–H groups in total. The third-order valence-corrected chi connectivity index (χ3v) is 1.24. The van der Waals surface area contributed by atoms with E-state index in [4.69, 9.17) is 0 Å². The zero-order chi connectivity index (χ0) is 7.23. The quantitative estimate of drug-likeness (QED) is 0.636. The lowest BCUT2D eigenvalue weighted by atomic mass is 10.6. The van der Waals surface area contributed by atoms with Crippen molar-refractivity contribution in [2.24, 2.45) is 0 Å². The van der Waals surface area contributed by atoms with Crippen molar-refractivity contribution < 1.29 is 4.52 Å². The van der Waals surface area contributed by atoms with Crippen LogP contribution in [0.15, 0.2) is 16.9 Å². The number of hydrogen-bond acceptors (Lipinski definition) is 3. The van der Waals surface area contributed by atoms with Gasteiger partial charge in [0.15, 0.2) is 5.82 Å². The van der Waals surface area contributed by atoms with Crippen molar-refractivity contribution >= 4 is 28.4 Å². The van der Waals surface area contributed by atoms with E-state index in [9.17, 15) is 0 Å². The van der Waals surface area contributed by atoms with Crippen LogP contribution in [0.3, 0.4) is 0 Å². The Hall–Kier alpha value is -0.700. The lowest BCUT2D eigenvalue weighted by Crippen LogP contribution is -1.97. The Labute approximate surface area is 72.3 Å². The molecule has 52 valence electrons. The van der Waals surface area contributed by atoms with Crippen LogP contribution in [-0.2, 0) is 0 Å². The molecule has 0 fully saturated rings. The first-order valence-corrected chi connectivity index (χ1v) is 3.74. The molecule has 0 atom stereocenters. The van der Waals surface area contributed by atoms with Gasteiger partial charge in [0.05, 0.1) is 6.54 Å². The molecule has 1 rings (SSSR count). The Morgan fingerprint density at radius 1 is 1.80 bits per heavy atom. The highest BCUT2D eigenvalue weighted by molar-refractivity contribution is 14.1. The van der Waals surface area contributed by atoms with Crippen molar-refractivity contribution in [2.45, 2.75) is 0 Å². The van der Waals surface area contributed by atoms with Gasteiger partial charge >= 0.3 is 0 Å². The fourth-order valence-electron chi connectivity index (χ4n) is 0.472. The molecule has 0 saturated heterocycles. The molecule has 10 heavy (non-hydrogen) atoms. The third-order valence-electron chi connectivity index (χ3n) is 0.863. The number of rotatable bonds is 2. The summed E-state index contributed by atoms with van der Waals surface area (Å²) in [6, 6.07) is 1.74. The predicted octanol–water partition coefficient (Wildman–Crippen LogP) is 1.48. The van der Waals surface area contributed by atoms with Gasteiger partial charge in [0.2, 0.25) is 0 Å². The largest absolute Gasteiger partial charge is 0.363 e. The van der Waals surface area contributed by atoms with Crippen LogP contribution >= 0.6 is 22.6 Å². The van der Waals surface area contributed by atoms with Crippen LogP contribution in [0.1, 0.15) is 0 Å². The van der Waals surface area contributed by atoms with Crippen molar-refractivity contribution in [3.05, 3.63) is 12.3 Å². The highest BCUT2D eigenvalue weighted by Crippen LogP contribution is 1.98. The van der Waals surface area contributed by atoms with Gasteiger partial charge in [0, 0.05) is 28.7 Å².